The highest BCUT2D eigenvalue weighted by Gasteiger charge is 2.29. The van der Waals surface area contributed by atoms with Gasteiger partial charge in [-0.25, -0.2) is 0 Å². The van der Waals surface area contributed by atoms with Gasteiger partial charge >= 0.3 is 0 Å². The van der Waals surface area contributed by atoms with Crippen molar-refractivity contribution in [1.82, 2.24) is 4.90 Å². The van der Waals surface area contributed by atoms with Gasteiger partial charge in [-0.1, -0.05) is 6.42 Å². The first kappa shape index (κ1) is 12.1. The van der Waals surface area contributed by atoms with Crippen molar-refractivity contribution in [3.05, 3.63) is 21.9 Å². The minimum absolute atomic E-state index is 0.701. The molecular weight excluding hydrogens is 216 g/mol. The molecule has 0 aliphatic heterocycles. The van der Waals surface area contributed by atoms with Crippen LogP contribution in [0.4, 0.5) is 0 Å². The molecule has 0 spiro atoms. The second-order valence-electron chi connectivity index (χ2n) is 4.92. The van der Waals surface area contributed by atoms with E-state index in [0.29, 0.717) is 12.0 Å². The van der Waals surface area contributed by atoms with Crippen LogP contribution in [-0.2, 0) is 6.54 Å². The topological polar surface area (TPSA) is 29.3 Å². The van der Waals surface area contributed by atoms with Crippen LogP contribution in [0, 0.1) is 12.8 Å². The van der Waals surface area contributed by atoms with Crippen molar-refractivity contribution in [2.75, 3.05) is 13.6 Å². The lowest BCUT2D eigenvalue weighted by atomic mass is 10.0. The molecule has 1 aliphatic rings. The Balaban J connectivity index is 1.94. The van der Waals surface area contributed by atoms with Crippen molar-refractivity contribution in [1.29, 1.82) is 0 Å². The Kier molecular flexibility index (Phi) is 4.00. The molecule has 2 rings (SSSR count). The molecule has 0 radical (unpaired) electrons. The van der Waals surface area contributed by atoms with E-state index in [2.05, 4.69) is 31.0 Å². The standard InChI is InChI=1S/C13H22N2S/c1-10-6-7-12(16-10)9-15(2)13-5-3-4-11(13)8-14/h6-7,11,13H,3-5,8-9,14H2,1-2H3. The fourth-order valence-electron chi connectivity index (χ4n) is 2.81. The third kappa shape index (κ3) is 2.65. The summed E-state index contributed by atoms with van der Waals surface area (Å²) < 4.78 is 0. The number of aryl methyl sites for hydroxylation is 1. The van der Waals surface area contributed by atoms with Crippen molar-refractivity contribution >= 4 is 11.3 Å². The molecule has 1 saturated carbocycles. The monoisotopic (exact) mass is 238 g/mol. The van der Waals surface area contributed by atoms with Crippen molar-refractivity contribution in [3.63, 3.8) is 0 Å². The predicted molar refractivity (Wildman–Crippen MR) is 70.7 cm³/mol. The molecule has 90 valence electrons. The van der Waals surface area contributed by atoms with Gasteiger partial charge in [0.25, 0.3) is 0 Å². The fraction of sp³-hybridized carbons (Fsp3) is 0.692. The van der Waals surface area contributed by atoms with Gasteiger partial charge in [0, 0.05) is 22.3 Å². The highest BCUT2D eigenvalue weighted by atomic mass is 32.1. The second-order valence-corrected chi connectivity index (χ2v) is 6.29. The average Bonchev–Trinajstić information content (AvgIpc) is 2.86. The predicted octanol–water partition coefficient (Wildman–Crippen LogP) is 2.62. The first-order valence-corrected chi connectivity index (χ1v) is 6.98. The number of thiophene rings is 1. The molecule has 2 N–H and O–H groups in total. The number of nitrogens with zero attached hydrogens (tertiary/aromatic N) is 1. The van der Waals surface area contributed by atoms with Gasteiger partial charge < -0.3 is 5.73 Å². The molecule has 2 atom stereocenters. The minimum atomic E-state index is 0.701. The van der Waals surface area contributed by atoms with E-state index in [1.54, 1.807) is 0 Å². The summed E-state index contributed by atoms with van der Waals surface area (Å²) in [5.41, 5.74) is 5.84. The number of hydrogen-bond acceptors (Lipinski definition) is 3. The van der Waals surface area contributed by atoms with Gasteiger partial charge in [0.1, 0.15) is 0 Å². The minimum Gasteiger partial charge on any atom is -0.330 e. The van der Waals surface area contributed by atoms with Crippen LogP contribution in [-0.4, -0.2) is 24.5 Å². The molecule has 0 amide bonds. The first-order chi connectivity index (χ1) is 7.70. The summed E-state index contributed by atoms with van der Waals surface area (Å²) in [7, 11) is 2.24. The Hall–Kier alpha value is -0.380. The van der Waals surface area contributed by atoms with E-state index in [0.717, 1.165) is 13.1 Å². The number of nitrogens with two attached hydrogens (primary N) is 1. The summed E-state index contributed by atoms with van der Waals surface area (Å²) in [6, 6.07) is 5.17. The zero-order valence-electron chi connectivity index (χ0n) is 10.3. The lowest BCUT2D eigenvalue weighted by molar-refractivity contribution is 0.194. The van der Waals surface area contributed by atoms with E-state index >= 15 is 0 Å². The van der Waals surface area contributed by atoms with Crippen molar-refractivity contribution in [2.24, 2.45) is 11.7 Å². The van der Waals surface area contributed by atoms with Crippen LogP contribution in [0.2, 0.25) is 0 Å². The third-order valence-electron chi connectivity index (χ3n) is 3.69. The van der Waals surface area contributed by atoms with Gasteiger partial charge in [-0.05, 0) is 51.4 Å². The van der Waals surface area contributed by atoms with Gasteiger partial charge in [-0.2, -0.15) is 0 Å². The molecule has 2 nitrogen and oxygen atoms in total. The summed E-state index contributed by atoms with van der Waals surface area (Å²) in [4.78, 5) is 5.38. The third-order valence-corrected chi connectivity index (χ3v) is 4.67. The smallest absolute Gasteiger partial charge is 0.0328 e. The van der Waals surface area contributed by atoms with E-state index in [-0.39, 0.29) is 0 Å². The second kappa shape index (κ2) is 5.30. The maximum Gasteiger partial charge on any atom is 0.0328 e. The Bertz CT molecular complexity index is 334. The molecule has 1 aromatic rings. The average molecular weight is 238 g/mol. The van der Waals surface area contributed by atoms with Crippen molar-refractivity contribution < 1.29 is 0 Å². The van der Waals surface area contributed by atoms with Gasteiger partial charge in [0.2, 0.25) is 0 Å². The molecule has 0 aromatic carbocycles. The number of rotatable bonds is 4. The maximum atomic E-state index is 5.84. The lowest BCUT2D eigenvalue weighted by Gasteiger charge is -2.28. The molecule has 2 unspecified atom stereocenters. The summed E-state index contributed by atoms with van der Waals surface area (Å²) in [5, 5.41) is 0. The largest absolute Gasteiger partial charge is 0.330 e. The summed E-state index contributed by atoms with van der Waals surface area (Å²) >= 11 is 1.91. The molecule has 16 heavy (non-hydrogen) atoms. The molecule has 1 aromatic heterocycles. The normalized spacial score (nSPS) is 25.5. The highest BCUT2D eigenvalue weighted by molar-refractivity contribution is 7.11. The van der Waals surface area contributed by atoms with E-state index in [1.165, 1.54) is 29.0 Å². The molecule has 1 fully saturated rings. The Morgan fingerprint density at radius 1 is 1.44 bits per heavy atom. The van der Waals surface area contributed by atoms with Gasteiger partial charge in [-0.15, -0.1) is 11.3 Å². The van der Waals surface area contributed by atoms with Crippen LogP contribution in [0.15, 0.2) is 12.1 Å². The van der Waals surface area contributed by atoms with E-state index in [1.807, 2.05) is 11.3 Å². The highest BCUT2D eigenvalue weighted by Crippen LogP contribution is 2.30. The van der Waals surface area contributed by atoms with Crippen molar-refractivity contribution in [3.8, 4) is 0 Å². The van der Waals surface area contributed by atoms with Gasteiger partial charge in [-0.3, -0.25) is 4.90 Å². The Morgan fingerprint density at radius 3 is 2.88 bits per heavy atom. The maximum absolute atomic E-state index is 5.84. The molecule has 1 aliphatic carbocycles. The van der Waals surface area contributed by atoms with Crippen LogP contribution in [0.5, 0.6) is 0 Å². The zero-order chi connectivity index (χ0) is 11.5. The molecule has 1 heterocycles. The SMILES string of the molecule is Cc1ccc(CN(C)C2CCCC2CN)s1. The summed E-state index contributed by atoms with van der Waals surface area (Å²) in [5.74, 6) is 0.714. The van der Waals surface area contributed by atoms with Crippen LogP contribution in [0.1, 0.15) is 29.0 Å². The Labute approximate surface area is 102 Å². The lowest BCUT2D eigenvalue weighted by Crippen LogP contribution is -2.37. The van der Waals surface area contributed by atoms with Gasteiger partial charge in [0.05, 0.1) is 0 Å². The van der Waals surface area contributed by atoms with E-state index in [4.69, 9.17) is 5.73 Å². The Morgan fingerprint density at radius 2 is 2.25 bits per heavy atom. The number of hydrogen-bond donors (Lipinski definition) is 1. The molecule has 0 saturated heterocycles. The summed E-state index contributed by atoms with van der Waals surface area (Å²) in [6.45, 7) is 4.10. The van der Waals surface area contributed by atoms with Crippen molar-refractivity contribution in [2.45, 2.75) is 38.8 Å². The van der Waals surface area contributed by atoms with Crippen LogP contribution < -0.4 is 5.73 Å². The first-order valence-electron chi connectivity index (χ1n) is 6.16. The van der Waals surface area contributed by atoms with Gasteiger partial charge in [0.15, 0.2) is 0 Å². The quantitative estimate of drug-likeness (QED) is 0.873. The van der Waals surface area contributed by atoms with E-state index in [9.17, 15) is 0 Å². The van der Waals surface area contributed by atoms with Crippen LogP contribution in [0.3, 0.4) is 0 Å². The molecule has 3 heteroatoms. The summed E-state index contributed by atoms with van der Waals surface area (Å²) in [6.07, 6.45) is 3.98. The zero-order valence-corrected chi connectivity index (χ0v) is 11.1. The van der Waals surface area contributed by atoms with Crippen LogP contribution in [0.25, 0.3) is 0 Å². The molecule has 0 bridgehead atoms. The fourth-order valence-corrected chi connectivity index (χ4v) is 3.76. The molecular formula is C13H22N2S. The van der Waals surface area contributed by atoms with E-state index < -0.39 is 0 Å². The van der Waals surface area contributed by atoms with Crippen LogP contribution >= 0.6 is 11.3 Å².